The summed E-state index contributed by atoms with van der Waals surface area (Å²) in [6.45, 7) is 4.53. The monoisotopic (exact) mass is 186 g/mol. The fourth-order valence-electron chi connectivity index (χ4n) is 1.25. The Morgan fingerprint density at radius 2 is 2.07 bits per heavy atom. The van der Waals surface area contributed by atoms with Gasteiger partial charge in [0, 0.05) is 5.69 Å². The zero-order valence-corrected chi connectivity index (χ0v) is 8.54. The van der Waals surface area contributed by atoms with Gasteiger partial charge in [0.15, 0.2) is 0 Å². The van der Waals surface area contributed by atoms with Crippen molar-refractivity contribution >= 4 is 12.0 Å². The van der Waals surface area contributed by atoms with Gasteiger partial charge in [-0.25, -0.2) is 0 Å². The molecule has 0 spiro atoms. The van der Waals surface area contributed by atoms with Gasteiger partial charge in [0.2, 0.25) is 0 Å². The lowest BCUT2D eigenvalue weighted by molar-refractivity contribution is 1.29. The third-order valence-electron chi connectivity index (χ3n) is 1.96. The van der Waals surface area contributed by atoms with Crippen molar-refractivity contribution in [1.82, 2.24) is 0 Å². The maximum Gasteiger partial charge on any atom is 0.101 e. The quantitative estimate of drug-likeness (QED) is 0.437. The molecule has 2 heteroatoms. The average Bonchev–Trinajstić information content (AvgIpc) is 2.16. The second-order valence-corrected chi connectivity index (χ2v) is 3.09. The summed E-state index contributed by atoms with van der Waals surface area (Å²) in [5, 5.41) is 3.13. The predicted molar refractivity (Wildman–Crippen MR) is 61.7 cm³/mol. The molecule has 0 aliphatic rings. The zero-order chi connectivity index (χ0) is 10.4. The molecule has 1 rings (SSSR count). The molecule has 1 aromatic rings. The SMILES string of the molecule is C#CCN=CNc1c(C)cccc1C. The second-order valence-electron chi connectivity index (χ2n) is 3.09. The second kappa shape index (κ2) is 5.08. The molecule has 1 N–H and O–H groups in total. The highest BCUT2D eigenvalue weighted by atomic mass is 14.9. The first-order chi connectivity index (χ1) is 6.75. The molecule has 0 bridgehead atoms. The van der Waals surface area contributed by atoms with Crippen LogP contribution in [0.2, 0.25) is 0 Å². The summed E-state index contributed by atoms with van der Waals surface area (Å²) in [6, 6.07) is 6.16. The van der Waals surface area contributed by atoms with E-state index in [2.05, 4.69) is 42.2 Å². The van der Waals surface area contributed by atoms with Crippen LogP contribution in [0.4, 0.5) is 5.69 Å². The molecule has 0 aliphatic heterocycles. The third-order valence-corrected chi connectivity index (χ3v) is 1.96. The van der Waals surface area contributed by atoms with Crippen LogP contribution in [0.5, 0.6) is 0 Å². The van der Waals surface area contributed by atoms with E-state index < -0.39 is 0 Å². The van der Waals surface area contributed by atoms with Crippen LogP contribution in [0.1, 0.15) is 11.1 Å². The Morgan fingerprint density at radius 1 is 1.43 bits per heavy atom. The molecule has 2 nitrogen and oxygen atoms in total. The zero-order valence-electron chi connectivity index (χ0n) is 8.54. The van der Waals surface area contributed by atoms with Gasteiger partial charge in [0.25, 0.3) is 0 Å². The van der Waals surface area contributed by atoms with Crippen LogP contribution in [0.3, 0.4) is 0 Å². The summed E-state index contributed by atoms with van der Waals surface area (Å²) in [5.74, 6) is 2.45. The van der Waals surface area contributed by atoms with Crippen molar-refractivity contribution < 1.29 is 0 Å². The van der Waals surface area contributed by atoms with Crippen LogP contribution < -0.4 is 5.32 Å². The maximum absolute atomic E-state index is 5.08. The van der Waals surface area contributed by atoms with Crippen molar-refractivity contribution in [3.63, 3.8) is 0 Å². The number of anilines is 1. The third kappa shape index (κ3) is 2.63. The van der Waals surface area contributed by atoms with E-state index in [1.807, 2.05) is 6.07 Å². The number of nitrogens with zero attached hydrogens (tertiary/aromatic N) is 1. The van der Waals surface area contributed by atoms with Gasteiger partial charge in [-0.05, 0) is 25.0 Å². The number of aryl methyl sites for hydroxylation is 2. The summed E-state index contributed by atoms with van der Waals surface area (Å²) in [7, 11) is 0. The standard InChI is InChI=1S/C12H14N2/c1-4-8-13-9-14-12-10(2)6-5-7-11(12)3/h1,5-7,9H,8H2,2-3H3,(H,13,14). The molecular formula is C12H14N2. The number of rotatable bonds is 3. The molecule has 0 saturated carbocycles. The molecule has 72 valence electrons. The van der Waals surface area contributed by atoms with Gasteiger partial charge in [0.1, 0.15) is 6.54 Å². The summed E-state index contributed by atoms with van der Waals surface area (Å²) < 4.78 is 0. The van der Waals surface area contributed by atoms with Crippen molar-refractivity contribution in [1.29, 1.82) is 0 Å². The number of benzene rings is 1. The van der Waals surface area contributed by atoms with E-state index in [1.54, 1.807) is 6.34 Å². The minimum atomic E-state index is 0.415. The average molecular weight is 186 g/mol. The molecule has 0 unspecified atom stereocenters. The van der Waals surface area contributed by atoms with Crippen LogP contribution in [0.25, 0.3) is 0 Å². The number of nitrogens with one attached hydrogen (secondary N) is 1. The van der Waals surface area contributed by atoms with Gasteiger partial charge in [-0.1, -0.05) is 24.1 Å². The molecule has 0 aliphatic carbocycles. The Balaban J connectivity index is 2.72. The molecule has 0 amide bonds. The molecule has 0 heterocycles. The first-order valence-corrected chi connectivity index (χ1v) is 4.50. The van der Waals surface area contributed by atoms with Crippen molar-refractivity contribution in [2.75, 3.05) is 11.9 Å². The maximum atomic E-state index is 5.08. The van der Waals surface area contributed by atoms with Crippen LogP contribution in [0.15, 0.2) is 23.2 Å². The van der Waals surface area contributed by atoms with E-state index in [9.17, 15) is 0 Å². The highest BCUT2D eigenvalue weighted by Crippen LogP contribution is 2.18. The lowest BCUT2D eigenvalue weighted by Gasteiger charge is -2.07. The summed E-state index contributed by atoms with van der Waals surface area (Å²) >= 11 is 0. The molecule has 0 atom stereocenters. The van der Waals surface area contributed by atoms with E-state index in [-0.39, 0.29) is 0 Å². The Morgan fingerprint density at radius 3 is 2.64 bits per heavy atom. The summed E-state index contributed by atoms with van der Waals surface area (Å²) in [5.41, 5.74) is 3.52. The fraction of sp³-hybridized carbons (Fsp3) is 0.250. The van der Waals surface area contributed by atoms with E-state index in [0.29, 0.717) is 6.54 Å². The summed E-state index contributed by atoms with van der Waals surface area (Å²) in [6.07, 6.45) is 6.72. The van der Waals surface area contributed by atoms with Crippen LogP contribution in [-0.4, -0.2) is 12.9 Å². The number of hydrogen-bond donors (Lipinski definition) is 1. The Labute approximate surface area is 85.1 Å². The number of para-hydroxylation sites is 1. The topological polar surface area (TPSA) is 24.4 Å². The lowest BCUT2D eigenvalue weighted by Crippen LogP contribution is -1.99. The largest absolute Gasteiger partial charge is 0.346 e. The van der Waals surface area contributed by atoms with Gasteiger partial charge < -0.3 is 5.32 Å². The molecule has 0 saturated heterocycles. The highest BCUT2D eigenvalue weighted by molar-refractivity contribution is 5.79. The minimum absolute atomic E-state index is 0.415. The van der Waals surface area contributed by atoms with Gasteiger partial charge in [0.05, 0.1) is 6.34 Å². The fourth-order valence-corrected chi connectivity index (χ4v) is 1.25. The molecule has 1 aromatic carbocycles. The normalized spacial score (nSPS) is 10.1. The molecule has 0 aromatic heterocycles. The van der Waals surface area contributed by atoms with Gasteiger partial charge in [-0.2, -0.15) is 0 Å². The van der Waals surface area contributed by atoms with Gasteiger partial charge >= 0.3 is 0 Å². The Bertz CT molecular complexity index is 352. The molecular weight excluding hydrogens is 172 g/mol. The molecule has 14 heavy (non-hydrogen) atoms. The minimum Gasteiger partial charge on any atom is -0.346 e. The van der Waals surface area contributed by atoms with Crippen molar-refractivity contribution in [2.45, 2.75) is 13.8 Å². The first-order valence-electron chi connectivity index (χ1n) is 4.50. The van der Waals surface area contributed by atoms with Crippen molar-refractivity contribution in [2.24, 2.45) is 4.99 Å². The van der Waals surface area contributed by atoms with Crippen LogP contribution in [0, 0.1) is 26.2 Å². The van der Waals surface area contributed by atoms with Gasteiger partial charge in [-0.15, -0.1) is 6.42 Å². The molecule has 0 radical (unpaired) electrons. The van der Waals surface area contributed by atoms with Crippen molar-refractivity contribution in [3.8, 4) is 12.3 Å². The van der Waals surface area contributed by atoms with E-state index in [0.717, 1.165) is 5.69 Å². The number of aliphatic imine (C=N–C) groups is 1. The molecule has 0 fully saturated rings. The van der Waals surface area contributed by atoms with Gasteiger partial charge in [-0.3, -0.25) is 4.99 Å². The van der Waals surface area contributed by atoms with E-state index >= 15 is 0 Å². The lowest BCUT2D eigenvalue weighted by atomic mass is 10.1. The Hall–Kier alpha value is -1.75. The Kier molecular flexibility index (Phi) is 3.75. The first kappa shape index (κ1) is 10.3. The smallest absolute Gasteiger partial charge is 0.101 e. The van der Waals surface area contributed by atoms with E-state index in [4.69, 9.17) is 6.42 Å². The van der Waals surface area contributed by atoms with Crippen LogP contribution in [-0.2, 0) is 0 Å². The van der Waals surface area contributed by atoms with Crippen LogP contribution >= 0.6 is 0 Å². The predicted octanol–water partition coefficient (Wildman–Crippen LogP) is 2.38. The van der Waals surface area contributed by atoms with E-state index in [1.165, 1.54) is 11.1 Å². The highest BCUT2D eigenvalue weighted by Gasteiger charge is 1.97. The van der Waals surface area contributed by atoms with Crippen molar-refractivity contribution in [3.05, 3.63) is 29.3 Å². The number of terminal acetylenes is 1. The number of hydrogen-bond acceptors (Lipinski definition) is 1. The summed E-state index contributed by atoms with van der Waals surface area (Å²) in [4.78, 5) is 4.00.